The minimum absolute atomic E-state index is 0.0101. The Labute approximate surface area is 389 Å². The molecule has 0 aliphatic heterocycles. The molecule has 0 amide bonds. The van der Waals surface area contributed by atoms with Gasteiger partial charge in [0, 0.05) is 25.7 Å². The van der Waals surface area contributed by atoms with Crippen molar-refractivity contribution in [1.82, 2.24) is 0 Å². The highest BCUT2D eigenvalue weighted by Crippen LogP contribution is 2.43. The van der Waals surface area contributed by atoms with Gasteiger partial charge in [0.05, 0.1) is 33.9 Å². The van der Waals surface area contributed by atoms with E-state index in [1.54, 1.807) is 0 Å². The molecule has 0 aromatic carbocycles. The Kier molecular flexibility index (Phi) is 34.5. The van der Waals surface area contributed by atoms with Crippen LogP contribution in [0.1, 0.15) is 184 Å². The van der Waals surface area contributed by atoms with Crippen molar-refractivity contribution in [3.8, 4) is 0 Å². The fourth-order valence-electron chi connectivity index (χ4n) is 6.87. The number of unbranched alkanes of at least 4 members (excludes halogenated alkanes) is 12. The van der Waals surface area contributed by atoms with E-state index >= 15 is 0 Å². The Morgan fingerprint density at radius 1 is 0.656 bits per heavy atom. The number of rotatable bonds is 41. The number of ether oxygens (including phenoxy) is 2. The molecule has 1 unspecified atom stereocenters. The second-order valence-electron chi connectivity index (χ2n) is 18.2. The molecule has 11 nitrogen and oxygen atoms in total. The first-order chi connectivity index (χ1) is 30.7. The fourth-order valence-corrected chi connectivity index (χ4v) is 7.61. The predicted octanol–water partition coefficient (Wildman–Crippen LogP) is 12.9. The monoisotopic (exact) mass is 921 g/mol. The summed E-state index contributed by atoms with van der Waals surface area (Å²) in [6.07, 6.45) is 39.3. The largest absolute Gasteiger partial charge is 0.472 e. The van der Waals surface area contributed by atoms with Gasteiger partial charge in [-0.2, -0.15) is 0 Å². The molecule has 0 aliphatic rings. The summed E-state index contributed by atoms with van der Waals surface area (Å²) in [5, 5.41) is 9.58. The van der Waals surface area contributed by atoms with Crippen LogP contribution in [0.15, 0.2) is 53.0 Å². The molecule has 12 heteroatoms. The summed E-state index contributed by atoms with van der Waals surface area (Å²) in [5.41, 5.74) is 2.68. The lowest BCUT2D eigenvalue weighted by Gasteiger charge is -2.24. The van der Waals surface area contributed by atoms with Gasteiger partial charge in [-0.3, -0.25) is 18.6 Å². The molecule has 0 bridgehead atoms. The Morgan fingerprint density at radius 2 is 1.16 bits per heavy atom. The van der Waals surface area contributed by atoms with Crippen molar-refractivity contribution >= 4 is 19.8 Å². The number of allylic oxidation sites excluding steroid dienone is 8. The van der Waals surface area contributed by atoms with Crippen LogP contribution in [0.2, 0.25) is 0 Å². The number of hydrogen-bond donors (Lipinski definition) is 2. The number of aliphatic hydroxyl groups is 1. The van der Waals surface area contributed by atoms with Crippen LogP contribution in [0.4, 0.5) is 0 Å². The first kappa shape index (κ1) is 59.2. The standard InChI is InChI=1S/C52H90NO10P/c1-8-10-31-37-49-45(3)46(4)50(63-49)38-33-28-24-20-17-18-22-26-30-35-40-52(56)62-48(44-61-64(57,58)60-42-41-53(5,6)7)43-59-51(55)39-34-29-25-21-16-14-12-11-13-15-19-23-27-32-36-47(54)9-2/h12-15,21,23,25,27,47-48,54H,8-11,16-20,22,24,26,28-44H2,1-7H3/p+1/b14-12-,15-13-,25-21-,27-23-/t47-,48+/m0/s1. The Balaban J connectivity index is 2.34. The molecule has 0 spiro atoms. The van der Waals surface area contributed by atoms with Crippen molar-refractivity contribution in [3.05, 3.63) is 71.3 Å². The number of carbonyl (C=O) groups is 2. The van der Waals surface area contributed by atoms with Gasteiger partial charge in [0.1, 0.15) is 31.3 Å². The highest BCUT2D eigenvalue weighted by atomic mass is 31.2. The molecule has 0 fully saturated rings. The molecule has 2 N–H and O–H groups in total. The minimum atomic E-state index is -4.41. The summed E-state index contributed by atoms with van der Waals surface area (Å²) in [5.74, 6) is 1.47. The number of aryl methyl sites for hydroxylation is 2. The molecule has 64 heavy (non-hydrogen) atoms. The Morgan fingerprint density at radius 3 is 1.70 bits per heavy atom. The van der Waals surface area contributed by atoms with Crippen molar-refractivity contribution in [2.24, 2.45) is 0 Å². The highest BCUT2D eigenvalue weighted by Gasteiger charge is 2.27. The SMILES string of the molecule is CCCCCc1oc(CCCCCCCCCCCCC(=O)O[C@H](COC(=O)CCC/C=C\C/C=C\C/C=C\C/C=C\CC[C@@H](O)CC)COP(=O)(O)OCC[N+](C)(C)C)c(C)c1C. The average Bonchev–Trinajstić information content (AvgIpc) is 3.51. The summed E-state index contributed by atoms with van der Waals surface area (Å²) in [6, 6.07) is 0. The number of nitrogens with zero attached hydrogens (tertiary/aromatic N) is 1. The number of furan rings is 1. The van der Waals surface area contributed by atoms with E-state index in [0.717, 1.165) is 77.0 Å². The summed E-state index contributed by atoms with van der Waals surface area (Å²) in [7, 11) is 1.41. The Bertz CT molecular complexity index is 1520. The molecular weight excluding hydrogens is 830 g/mol. The van der Waals surface area contributed by atoms with Crippen LogP contribution >= 0.6 is 7.82 Å². The zero-order valence-electron chi connectivity index (χ0n) is 41.3. The highest BCUT2D eigenvalue weighted by molar-refractivity contribution is 7.47. The maximum atomic E-state index is 12.8. The van der Waals surface area contributed by atoms with Crippen molar-refractivity contribution in [2.45, 2.75) is 200 Å². The van der Waals surface area contributed by atoms with E-state index in [4.69, 9.17) is 22.9 Å². The number of quaternary nitrogens is 1. The molecule has 0 saturated carbocycles. The fraction of sp³-hybridized carbons (Fsp3) is 0.731. The normalized spacial score (nSPS) is 14.3. The topological polar surface area (TPSA) is 142 Å². The third-order valence-corrected chi connectivity index (χ3v) is 12.2. The van der Waals surface area contributed by atoms with E-state index in [2.05, 4.69) is 63.3 Å². The van der Waals surface area contributed by atoms with Crippen molar-refractivity contribution in [2.75, 3.05) is 47.5 Å². The van der Waals surface area contributed by atoms with Crippen LogP contribution < -0.4 is 0 Å². The van der Waals surface area contributed by atoms with Crippen LogP contribution in [-0.2, 0) is 45.5 Å². The minimum Gasteiger partial charge on any atom is -0.466 e. The van der Waals surface area contributed by atoms with Crippen molar-refractivity contribution in [1.29, 1.82) is 0 Å². The van der Waals surface area contributed by atoms with Gasteiger partial charge in [-0.25, -0.2) is 4.57 Å². The number of hydrogen-bond acceptors (Lipinski definition) is 9. The van der Waals surface area contributed by atoms with Gasteiger partial charge < -0.3 is 28.4 Å². The molecule has 1 rings (SSSR count). The molecule has 368 valence electrons. The number of carbonyl (C=O) groups excluding carboxylic acids is 2. The summed E-state index contributed by atoms with van der Waals surface area (Å²) < 4.78 is 40.6. The van der Waals surface area contributed by atoms with Gasteiger partial charge in [0.25, 0.3) is 0 Å². The number of phosphoric ester groups is 1. The number of esters is 2. The van der Waals surface area contributed by atoms with E-state index in [-0.39, 0.29) is 32.2 Å². The third kappa shape index (κ3) is 33.7. The maximum Gasteiger partial charge on any atom is 0.472 e. The van der Waals surface area contributed by atoms with E-state index in [9.17, 15) is 24.2 Å². The quantitative estimate of drug-likeness (QED) is 0.0214. The molecule has 0 saturated heterocycles. The van der Waals surface area contributed by atoms with E-state index in [1.807, 2.05) is 34.1 Å². The van der Waals surface area contributed by atoms with Gasteiger partial charge >= 0.3 is 19.8 Å². The molecule has 0 radical (unpaired) electrons. The smallest absolute Gasteiger partial charge is 0.466 e. The molecule has 1 aromatic rings. The van der Waals surface area contributed by atoms with Crippen LogP contribution in [0.25, 0.3) is 0 Å². The van der Waals surface area contributed by atoms with Gasteiger partial charge in [0.2, 0.25) is 0 Å². The first-order valence-corrected chi connectivity index (χ1v) is 26.3. The van der Waals surface area contributed by atoms with Crippen LogP contribution in [0.3, 0.4) is 0 Å². The summed E-state index contributed by atoms with van der Waals surface area (Å²) in [6.45, 7) is 8.41. The zero-order valence-corrected chi connectivity index (χ0v) is 42.2. The number of aliphatic hydroxyl groups excluding tert-OH is 1. The van der Waals surface area contributed by atoms with Gasteiger partial charge in [-0.15, -0.1) is 0 Å². The molecule has 1 aromatic heterocycles. The van der Waals surface area contributed by atoms with Gasteiger partial charge in [0.15, 0.2) is 6.10 Å². The van der Waals surface area contributed by atoms with Crippen molar-refractivity contribution in [3.63, 3.8) is 0 Å². The van der Waals surface area contributed by atoms with Crippen LogP contribution in [-0.4, -0.2) is 86.1 Å². The first-order valence-electron chi connectivity index (χ1n) is 24.8. The third-order valence-electron chi connectivity index (χ3n) is 11.2. The summed E-state index contributed by atoms with van der Waals surface area (Å²) in [4.78, 5) is 35.6. The van der Waals surface area contributed by atoms with Crippen molar-refractivity contribution < 1.29 is 51.6 Å². The van der Waals surface area contributed by atoms with Crippen LogP contribution in [0.5, 0.6) is 0 Å². The van der Waals surface area contributed by atoms with E-state index in [1.165, 1.54) is 80.4 Å². The van der Waals surface area contributed by atoms with Crippen LogP contribution in [0, 0.1) is 13.8 Å². The second-order valence-corrected chi connectivity index (χ2v) is 19.7. The number of likely N-dealkylation sites (N-methyl/N-ethyl adjacent to an activating group) is 1. The lowest BCUT2D eigenvalue weighted by atomic mass is 10.0. The maximum absolute atomic E-state index is 12.8. The zero-order chi connectivity index (χ0) is 47.3. The average molecular weight is 921 g/mol. The molecule has 1 heterocycles. The van der Waals surface area contributed by atoms with E-state index in [0.29, 0.717) is 23.9 Å². The second kappa shape index (κ2) is 37.3. The van der Waals surface area contributed by atoms with E-state index < -0.39 is 32.5 Å². The predicted molar refractivity (Wildman–Crippen MR) is 261 cm³/mol. The molecule has 0 aliphatic carbocycles. The lowest BCUT2D eigenvalue weighted by molar-refractivity contribution is -0.870. The van der Waals surface area contributed by atoms with Gasteiger partial charge in [-0.1, -0.05) is 127 Å². The Hall–Kier alpha value is -2.79. The van der Waals surface area contributed by atoms with Gasteiger partial charge in [-0.05, 0) is 95.6 Å². The molecule has 3 atom stereocenters. The molecular formula is C52H91NO10P+. The number of phosphoric acid groups is 1. The lowest BCUT2D eigenvalue weighted by Crippen LogP contribution is -2.37. The summed E-state index contributed by atoms with van der Waals surface area (Å²) >= 11 is 0.